The Morgan fingerprint density at radius 2 is 2.33 bits per heavy atom. The fraction of sp³-hybridized carbons (Fsp3) is 0.571. The van der Waals surface area contributed by atoms with Gasteiger partial charge in [-0.2, -0.15) is 11.8 Å². The lowest BCUT2D eigenvalue weighted by Gasteiger charge is -2.46. The van der Waals surface area contributed by atoms with Gasteiger partial charge in [-0.3, -0.25) is 0 Å². The molecule has 98 valence electrons. The fourth-order valence-electron chi connectivity index (χ4n) is 2.96. The highest BCUT2D eigenvalue weighted by Crippen LogP contribution is 2.48. The van der Waals surface area contributed by atoms with E-state index in [4.69, 9.17) is 4.74 Å². The van der Waals surface area contributed by atoms with Gasteiger partial charge in [-0.1, -0.05) is 22.0 Å². The number of thioether (sulfide) groups is 1. The van der Waals surface area contributed by atoms with E-state index in [-0.39, 0.29) is 5.60 Å². The minimum absolute atomic E-state index is 0.184. The van der Waals surface area contributed by atoms with Gasteiger partial charge >= 0.3 is 0 Å². The number of hydrogen-bond donors (Lipinski definition) is 1. The van der Waals surface area contributed by atoms with Gasteiger partial charge in [0.05, 0.1) is 6.10 Å². The van der Waals surface area contributed by atoms with Crippen LogP contribution in [0.15, 0.2) is 22.7 Å². The van der Waals surface area contributed by atoms with Crippen molar-refractivity contribution in [3.63, 3.8) is 0 Å². The largest absolute Gasteiger partial charge is 0.486 e. The van der Waals surface area contributed by atoms with Gasteiger partial charge in [-0.05, 0) is 37.7 Å². The van der Waals surface area contributed by atoms with E-state index >= 15 is 0 Å². The Kier molecular flexibility index (Phi) is 3.37. The highest BCUT2D eigenvalue weighted by Gasteiger charge is 2.46. The van der Waals surface area contributed by atoms with Crippen molar-refractivity contribution in [1.29, 1.82) is 0 Å². The Labute approximate surface area is 120 Å². The third kappa shape index (κ3) is 2.08. The van der Waals surface area contributed by atoms with Crippen molar-refractivity contribution < 1.29 is 9.84 Å². The standard InChI is InChI=1S/C14H17BrO2S/c1-9-14(5-2-6-18-9)8-12(16)11-4-3-10(15)7-13(11)17-14/h3-4,7,9,12,16H,2,5-6,8H2,1H3/t9?,12-,14?/m1/s1. The molecule has 0 bridgehead atoms. The molecule has 1 aromatic rings. The zero-order valence-electron chi connectivity index (χ0n) is 10.4. The lowest BCUT2D eigenvalue weighted by Crippen LogP contribution is -2.50. The van der Waals surface area contributed by atoms with Crippen LogP contribution in [0.1, 0.15) is 37.9 Å². The Morgan fingerprint density at radius 3 is 3.11 bits per heavy atom. The van der Waals surface area contributed by atoms with Crippen molar-refractivity contribution >= 4 is 27.7 Å². The number of halogens is 1. The predicted octanol–water partition coefficient (Wildman–Crippen LogP) is 3.92. The first-order chi connectivity index (χ1) is 8.61. The molecule has 2 unspecified atom stereocenters. The second-order valence-electron chi connectivity index (χ2n) is 5.19. The molecule has 2 aliphatic rings. The van der Waals surface area contributed by atoms with E-state index in [1.165, 1.54) is 12.2 Å². The molecule has 4 heteroatoms. The molecule has 1 aromatic carbocycles. The molecule has 1 saturated heterocycles. The van der Waals surface area contributed by atoms with Gasteiger partial charge in [-0.15, -0.1) is 0 Å². The molecule has 0 amide bonds. The molecule has 1 fully saturated rings. The molecule has 0 radical (unpaired) electrons. The molecule has 2 heterocycles. The summed E-state index contributed by atoms with van der Waals surface area (Å²) in [6.07, 6.45) is 2.54. The topological polar surface area (TPSA) is 29.5 Å². The van der Waals surface area contributed by atoms with Gasteiger partial charge in [0, 0.05) is 21.7 Å². The van der Waals surface area contributed by atoms with E-state index in [1.54, 1.807) is 0 Å². The van der Waals surface area contributed by atoms with E-state index < -0.39 is 6.10 Å². The van der Waals surface area contributed by atoms with E-state index in [9.17, 15) is 5.11 Å². The van der Waals surface area contributed by atoms with Crippen molar-refractivity contribution in [3.8, 4) is 5.75 Å². The lowest BCUT2D eigenvalue weighted by molar-refractivity contribution is -0.0212. The van der Waals surface area contributed by atoms with Crippen LogP contribution in [0.3, 0.4) is 0 Å². The number of fused-ring (bicyclic) bond motifs is 1. The first kappa shape index (κ1) is 12.8. The summed E-state index contributed by atoms with van der Waals surface area (Å²) in [5.74, 6) is 2.05. The van der Waals surface area contributed by atoms with Gasteiger partial charge in [0.2, 0.25) is 0 Å². The van der Waals surface area contributed by atoms with E-state index in [2.05, 4.69) is 22.9 Å². The van der Waals surface area contributed by atoms with E-state index in [0.717, 1.165) is 28.6 Å². The van der Waals surface area contributed by atoms with Gasteiger partial charge in [0.1, 0.15) is 11.4 Å². The SMILES string of the molecule is CC1SCCCC12C[C@@H](O)c1ccc(Br)cc1O2. The Morgan fingerprint density at radius 1 is 1.50 bits per heavy atom. The molecule has 0 aromatic heterocycles. The van der Waals surface area contributed by atoms with Crippen LogP contribution in [0.5, 0.6) is 5.75 Å². The summed E-state index contributed by atoms with van der Waals surface area (Å²) in [6, 6.07) is 5.89. The molecular formula is C14H17BrO2S. The minimum atomic E-state index is -0.400. The zero-order chi connectivity index (χ0) is 12.8. The number of aliphatic hydroxyl groups excluding tert-OH is 1. The first-order valence-corrected chi connectivity index (χ1v) is 8.23. The van der Waals surface area contributed by atoms with Crippen molar-refractivity contribution in [2.45, 2.75) is 43.1 Å². The number of aliphatic hydroxyl groups is 1. The molecule has 3 atom stereocenters. The van der Waals surface area contributed by atoms with Gasteiger partial charge in [-0.25, -0.2) is 0 Å². The summed E-state index contributed by atoms with van der Waals surface area (Å²) in [5, 5.41) is 10.8. The van der Waals surface area contributed by atoms with Crippen molar-refractivity contribution in [3.05, 3.63) is 28.2 Å². The molecule has 3 rings (SSSR count). The number of ether oxygens (including phenoxy) is 1. The predicted molar refractivity (Wildman–Crippen MR) is 78.2 cm³/mol. The smallest absolute Gasteiger partial charge is 0.127 e. The summed E-state index contributed by atoms with van der Waals surface area (Å²) in [6.45, 7) is 2.22. The zero-order valence-corrected chi connectivity index (χ0v) is 12.8. The normalized spacial score (nSPS) is 35.1. The maximum absolute atomic E-state index is 10.4. The molecule has 0 saturated carbocycles. The van der Waals surface area contributed by atoms with Crippen molar-refractivity contribution in [2.75, 3.05) is 5.75 Å². The molecule has 1 N–H and O–H groups in total. The summed E-state index contributed by atoms with van der Waals surface area (Å²) in [5.41, 5.74) is 0.738. The first-order valence-electron chi connectivity index (χ1n) is 6.39. The lowest BCUT2D eigenvalue weighted by atomic mass is 9.83. The molecule has 18 heavy (non-hydrogen) atoms. The molecule has 1 spiro atoms. The van der Waals surface area contributed by atoms with Crippen LogP contribution >= 0.6 is 27.7 Å². The van der Waals surface area contributed by atoms with Crippen LogP contribution in [0, 0.1) is 0 Å². The van der Waals surface area contributed by atoms with Crippen LogP contribution in [-0.4, -0.2) is 21.7 Å². The summed E-state index contributed by atoms with van der Waals surface area (Å²) in [7, 11) is 0. The highest BCUT2D eigenvalue weighted by atomic mass is 79.9. The third-order valence-corrected chi connectivity index (χ3v) is 5.99. The average Bonchev–Trinajstić information content (AvgIpc) is 2.32. The number of hydrogen-bond acceptors (Lipinski definition) is 3. The van der Waals surface area contributed by atoms with E-state index in [1.807, 2.05) is 30.0 Å². The maximum Gasteiger partial charge on any atom is 0.127 e. The molecule has 2 aliphatic heterocycles. The van der Waals surface area contributed by atoms with Gasteiger partial charge in [0.15, 0.2) is 0 Å². The van der Waals surface area contributed by atoms with Crippen LogP contribution in [0.25, 0.3) is 0 Å². The van der Waals surface area contributed by atoms with Crippen LogP contribution < -0.4 is 4.74 Å². The minimum Gasteiger partial charge on any atom is -0.486 e. The number of benzene rings is 1. The third-order valence-electron chi connectivity index (χ3n) is 4.04. The summed E-state index contributed by atoms with van der Waals surface area (Å²) < 4.78 is 7.31. The van der Waals surface area contributed by atoms with Crippen LogP contribution in [0.2, 0.25) is 0 Å². The average molecular weight is 329 g/mol. The Balaban J connectivity index is 1.99. The van der Waals surface area contributed by atoms with Crippen molar-refractivity contribution in [2.24, 2.45) is 0 Å². The molecular weight excluding hydrogens is 312 g/mol. The summed E-state index contributed by atoms with van der Waals surface area (Å²) in [4.78, 5) is 0. The second-order valence-corrected chi connectivity index (χ2v) is 7.55. The number of rotatable bonds is 0. The van der Waals surface area contributed by atoms with Gasteiger partial charge in [0.25, 0.3) is 0 Å². The quantitative estimate of drug-likeness (QED) is 0.782. The van der Waals surface area contributed by atoms with Gasteiger partial charge < -0.3 is 9.84 Å². The molecule has 2 nitrogen and oxygen atoms in total. The van der Waals surface area contributed by atoms with Crippen LogP contribution in [-0.2, 0) is 0 Å². The van der Waals surface area contributed by atoms with Crippen LogP contribution in [0.4, 0.5) is 0 Å². The monoisotopic (exact) mass is 328 g/mol. The summed E-state index contributed by atoms with van der Waals surface area (Å²) >= 11 is 5.43. The Hall–Kier alpha value is -0.190. The molecule has 0 aliphatic carbocycles. The maximum atomic E-state index is 10.4. The highest BCUT2D eigenvalue weighted by molar-refractivity contribution is 9.10. The van der Waals surface area contributed by atoms with Crippen molar-refractivity contribution in [1.82, 2.24) is 0 Å². The van der Waals surface area contributed by atoms with E-state index in [0.29, 0.717) is 5.25 Å². The Bertz CT molecular complexity index is 465. The second kappa shape index (κ2) is 4.73. The fourth-order valence-corrected chi connectivity index (χ4v) is 4.53.